The van der Waals surface area contributed by atoms with Crippen LogP contribution in [0.1, 0.15) is 32.8 Å². The maximum Gasteiger partial charge on any atom is 0.315 e. The maximum absolute atomic E-state index is 12.0. The number of rotatable bonds is 7. The molecule has 1 atom stereocenters. The van der Waals surface area contributed by atoms with Gasteiger partial charge in [-0.25, -0.2) is 9.48 Å². The molecule has 24 heavy (non-hydrogen) atoms. The highest BCUT2D eigenvalue weighted by Gasteiger charge is 2.21. The van der Waals surface area contributed by atoms with E-state index in [0.29, 0.717) is 6.54 Å². The molecule has 0 aliphatic carbocycles. The minimum atomic E-state index is -0.259. The Hall–Kier alpha value is -2.34. The number of amides is 2. The van der Waals surface area contributed by atoms with Crippen LogP contribution in [-0.2, 0) is 11.3 Å². The number of hydrogen-bond acceptors (Lipinski definition) is 3. The van der Waals surface area contributed by atoms with Crippen LogP contribution in [0.25, 0.3) is 5.69 Å². The molecule has 1 unspecified atom stereocenters. The number of ether oxygens (including phenoxy) is 1. The summed E-state index contributed by atoms with van der Waals surface area (Å²) in [4.78, 5) is 12.0. The summed E-state index contributed by atoms with van der Waals surface area (Å²) in [6.07, 6.45) is 4.37. The molecule has 0 bridgehead atoms. The summed E-state index contributed by atoms with van der Waals surface area (Å²) in [7, 11) is 1.68. The van der Waals surface area contributed by atoms with Crippen LogP contribution in [0.4, 0.5) is 4.79 Å². The van der Waals surface area contributed by atoms with Gasteiger partial charge >= 0.3 is 6.03 Å². The number of nitrogens with zero attached hydrogens (tertiary/aromatic N) is 2. The number of urea groups is 1. The zero-order valence-electron chi connectivity index (χ0n) is 14.7. The van der Waals surface area contributed by atoms with E-state index in [4.69, 9.17) is 4.74 Å². The Morgan fingerprint density at radius 2 is 2.17 bits per heavy atom. The number of hydrogen-bond donors (Lipinski definition) is 2. The molecule has 1 heterocycles. The lowest BCUT2D eigenvalue weighted by molar-refractivity contribution is 0.00950. The quantitative estimate of drug-likeness (QED) is 0.820. The summed E-state index contributed by atoms with van der Waals surface area (Å²) in [5.74, 6) is 0. The van der Waals surface area contributed by atoms with Crippen molar-refractivity contribution >= 4 is 6.03 Å². The number of carbonyl (C=O) groups excluding carboxylic acids is 1. The summed E-state index contributed by atoms with van der Waals surface area (Å²) in [5.41, 5.74) is 1.73. The number of carbonyl (C=O) groups is 1. The number of benzene rings is 1. The highest BCUT2D eigenvalue weighted by molar-refractivity contribution is 5.74. The van der Waals surface area contributed by atoms with Gasteiger partial charge in [-0.3, -0.25) is 0 Å². The van der Waals surface area contributed by atoms with Crippen LogP contribution in [-0.4, -0.2) is 34.6 Å². The molecular weight excluding hydrogens is 304 g/mol. The average molecular weight is 330 g/mol. The molecule has 0 saturated carbocycles. The number of nitrogens with one attached hydrogen (secondary N) is 2. The van der Waals surface area contributed by atoms with Gasteiger partial charge in [0.1, 0.15) is 0 Å². The third-order valence-corrected chi connectivity index (χ3v) is 3.86. The molecule has 2 rings (SSSR count). The Morgan fingerprint density at radius 3 is 2.83 bits per heavy atom. The highest BCUT2D eigenvalue weighted by atomic mass is 16.5. The Kier molecular flexibility index (Phi) is 5.98. The van der Waals surface area contributed by atoms with E-state index >= 15 is 0 Å². The number of aromatic nitrogens is 2. The first-order chi connectivity index (χ1) is 11.4. The second-order valence-corrected chi connectivity index (χ2v) is 6.52. The molecule has 130 valence electrons. The Labute approximate surface area is 143 Å². The first-order valence-corrected chi connectivity index (χ1v) is 8.08. The Morgan fingerprint density at radius 1 is 1.38 bits per heavy atom. The summed E-state index contributed by atoms with van der Waals surface area (Å²) in [6, 6.07) is 9.63. The molecule has 0 saturated heterocycles. The first-order valence-electron chi connectivity index (χ1n) is 8.08. The van der Waals surface area contributed by atoms with Gasteiger partial charge in [0.05, 0.1) is 11.3 Å². The van der Waals surface area contributed by atoms with Gasteiger partial charge < -0.3 is 15.4 Å². The molecular formula is C18H26N4O2. The molecule has 6 nitrogen and oxygen atoms in total. The van der Waals surface area contributed by atoms with E-state index in [9.17, 15) is 4.79 Å². The second kappa shape index (κ2) is 7.97. The van der Waals surface area contributed by atoms with Crippen molar-refractivity contribution < 1.29 is 9.53 Å². The van der Waals surface area contributed by atoms with Crippen molar-refractivity contribution in [2.75, 3.05) is 7.11 Å². The molecule has 1 aromatic heterocycles. The topological polar surface area (TPSA) is 68.2 Å². The first kappa shape index (κ1) is 18.0. The molecule has 2 aromatic rings. The molecule has 6 heteroatoms. The molecule has 0 radical (unpaired) electrons. The third-order valence-electron chi connectivity index (χ3n) is 3.86. The second-order valence-electron chi connectivity index (χ2n) is 6.52. The van der Waals surface area contributed by atoms with E-state index in [2.05, 4.69) is 15.7 Å². The lowest BCUT2D eigenvalue weighted by Gasteiger charge is -2.27. The van der Waals surface area contributed by atoms with Crippen LogP contribution >= 0.6 is 0 Å². The van der Waals surface area contributed by atoms with Crippen LogP contribution in [0.15, 0.2) is 42.7 Å². The van der Waals surface area contributed by atoms with E-state index < -0.39 is 0 Å². The Balaban J connectivity index is 1.85. The van der Waals surface area contributed by atoms with Gasteiger partial charge in [0, 0.05) is 32.1 Å². The Bertz CT molecular complexity index is 653. The van der Waals surface area contributed by atoms with Gasteiger partial charge in [0.25, 0.3) is 0 Å². The molecule has 0 spiro atoms. The summed E-state index contributed by atoms with van der Waals surface area (Å²) in [5, 5.41) is 10.0. The fraction of sp³-hybridized carbons (Fsp3) is 0.444. The van der Waals surface area contributed by atoms with Gasteiger partial charge in [0.15, 0.2) is 0 Å². The maximum atomic E-state index is 12.0. The zero-order valence-corrected chi connectivity index (χ0v) is 14.7. The SMILES string of the molecule is COC(C)(C)CC(C)NC(=O)NCc1cccc(-n2cccn2)c1. The smallest absolute Gasteiger partial charge is 0.315 e. The molecule has 0 aliphatic rings. The normalized spacial score (nSPS) is 12.7. The fourth-order valence-corrected chi connectivity index (χ4v) is 2.56. The fourth-order valence-electron chi connectivity index (χ4n) is 2.56. The zero-order chi connectivity index (χ0) is 17.6. The standard InChI is InChI=1S/C18H26N4O2/c1-14(12-18(2,3)24-4)21-17(23)19-13-15-7-5-8-16(11-15)22-10-6-9-20-22/h5-11,14H,12-13H2,1-4H3,(H2,19,21,23). The van der Waals surface area contributed by atoms with Crippen molar-refractivity contribution in [2.24, 2.45) is 0 Å². The van der Waals surface area contributed by atoms with Gasteiger partial charge in [-0.05, 0) is 51.0 Å². The minimum absolute atomic E-state index is 0.0235. The van der Waals surface area contributed by atoms with Crippen LogP contribution in [0, 0.1) is 0 Å². The van der Waals surface area contributed by atoms with E-state index in [1.165, 1.54) is 0 Å². The summed E-state index contributed by atoms with van der Waals surface area (Å²) < 4.78 is 7.18. The monoisotopic (exact) mass is 330 g/mol. The van der Waals surface area contributed by atoms with Gasteiger partial charge in [-0.15, -0.1) is 0 Å². The van der Waals surface area contributed by atoms with Crippen LogP contribution in [0.3, 0.4) is 0 Å². The average Bonchev–Trinajstić information content (AvgIpc) is 3.07. The van der Waals surface area contributed by atoms with Crippen LogP contribution in [0.2, 0.25) is 0 Å². The predicted molar refractivity (Wildman–Crippen MR) is 94.1 cm³/mol. The number of methoxy groups -OCH3 is 1. The largest absolute Gasteiger partial charge is 0.379 e. The summed E-state index contributed by atoms with van der Waals surface area (Å²) >= 11 is 0. The molecule has 2 amide bonds. The van der Waals surface area contributed by atoms with Gasteiger partial charge in [0.2, 0.25) is 0 Å². The lowest BCUT2D eigenvalue weighted by Crippen LogP contribution is -2.43. The third kappa shape index (κ3) is 5.38. The van der Waals surface area contributed by atoms with Crippen LogP contribution < -0.4 is 10.6 Å². The van der Waals surface area contributed by atoms with E-state index in [1.807, 2.05) is 57.3 Å². The van der Waals surface area contributed by atoms with E-state index in [0.717, 1.165) is 17.7 Å². The molecule has 1 aromatic carbocycles. The van der Waals surface area contributed by atoms with Gasteiger partial charge in [-0.2, -0.15) is 5.10 Å². The predicted octanol–water partition coefficient (Wildman–Crippen LogP) is 2.88. The molecule has 2 N–H and O–H groups in total. The van der Waals surface area contributed by atoms with Crippen molar-refractivity contribution in [1.29, 1.82) is 0 Å². The van der Waals surface area contributed by atoms with Crippen molar-refractivity contribution in [1.82, 2.24) is 20.4 Å². The molecule has 0 aliphatic heterocycles. The lowest BCUT2D eigenvalue weighted by atomic mass is 10.00. The minimum Gasteiger partial charge on any atom is -0.379 e. The van der Waals surface area contributed by atoms with E-state index in [1.54, 1.807) is 18.0 Å². The summed E-state index contributed by atoms with van der Waals surface area (Å²) in [6.45, 7) is 6.44. The highest BCUT2D eigenvalue weighted by Crippen LogP contribution is 2.15. The van der Waals surface area contributed by atoms with Crippen molar-refractivity contribution in [3.05, 3.63) is 48.3 Å². The molecule has 0 fully saturated rings. The van der Waals surface area contributed by atoms with Crippen molar-refractivity contribution in [3.63, 3.8) is 0 Å². The van der Waals surface area contributed by atoms with Crippen LogP contribution in [0.5, 0.6) is 0 Å². The van der Waals surface area contributed by atoms with Crippen molar-refractivity contribution in [3.8, 4) is 5.69 Å². The van der Waals surface area contributed by atoms with Crippen molar-refractivity contribution in [2.45, 2.75) is 45.4 Å². The van der Waals surface area contributed by atoms with E-state index in [-0.39, 0.29) is 17.7 Å². The van der Waals surface area contributed by atoms with Gasteiger partial charge in [-0.1, -0.05) is 12.1 Å².